The van der Waals surface area contributed by atoms with Crippen molar-refractivity contribution in [2.75, 3.05) is 37.6 Å². The number of hydrogen-bond acceptors (Lipinski definition) is 5. The van der Waals surface area contributed by atoms with Gasteiger partial charge in [-0.15, -0.1) is 0 Å². The SMILES string of the molecule is Cc1cc(N2CCN(C(=O)CCNC(=O)c3ccc(Cl)cc3)CC2)nc(C(C)C)n1. The Bertz CT molecular complexity index is 893. The van der Waals surface area contributed by atoms with E-state index in [1.54, 1.807) is 24.3 Å². The molecule has 0 spiro atoms. The minimum atomic E-state index is -0.204. The van der Waals surface area contributed by atoms with Crippen molar-refractivity contribution >= 4 is 29.2 Å². The largest absolute Gasteiger partial charge is 0.353 e. The molecule has 1 aliphatic heterocycles. The molecule has 2 amide bonds. The smallest absolute Gasteiger partial charge is 0.251 e. The van der Waals surface area contributed by atoms with E-state index in [0.29, 0.717) is 30.2 Å². The lowest BCUT2D eigenvalue weighted by Crippen LogP contribution is -2.49. The summed E-state index contributed by atoms with van der Waals surface area (Å²) in [5, 5.41) is 3.37. The summed E-state index contributed by atoms with van der Waals surface area (Å²) < 4.78 is 0. The van der Waals surface area contributed by atoms with Gasteiger partial charge in [0, 0.05) is 67.4 Å². The van der Waals surface area contributed by atoms with Gasteiger partial charge in [-0.3, -0.25) is 9.59 Å². The number of hydrogen-bond donors (Lipinski definition) is 1. The summed E-state index contributed by atoms with van der Waals surface area (Å²) in [6.07, 6.45) is 0.281. The molecule has 8 heteroatoms. The second-order valence-electron chi connectivity index (χ2n) is 7.76. The lowest BCUT2D eigenvalue weighted by Gasteiger charge is -2.35. The van der Waals surface area contributed by atoms with Gasteiger partial charge in [0.1, 0.15) is 11.6 Å². The third kappa shape index (κ3) is 5.69. The number of aromatic nitrogens is 2. The summed E-state index contributed by atoms with van der Waals surface area (Å²) in [6, 6.07) is 8.67. The van der Waals surface area contributed by atoms with Crippen molar-refractivity contribution in [1.82, 2.24) is 20.2 Å². The van der Waals surface area contributed by atoms with E-state index in [0.717, 1.165) is 30.4 Å². The lowest BCUT2D eigenvalue weighted by atomic mass is 10.2. The van der Waals surface area contributed by atoms with Crippen molar-refractivity contribution in [3.05, 3.63) is 52.4 Å². The van der Waals surface area contributed by atoms with E-state index < -0.39 is 0 Å². The molecular weight excluding hydrogens is 402 g/mol. The fourth-order valence-electron chi connectivity index (χ4n) is 3.32. The van der Waals surface area contributed by atoms with Crippen LogP contribution in [-0.4, -0.2) is 59.4 Å². The maximum atomic E-state index is 12.5. The van der Waals surface area contributed by atoms with Crippen LogP contribution in [0.4, 0.5) is 5.82 Å². The molecule has 160 valence electrons. The van der Waals surface area contributed by atoms with Crippen LogP contribution in [0.3, 0.4) is 0 Å². The molecule has 0 atom stereocenters. The molecule has 1 saturated heterocycles. The molecule has 1 N–H and O–H groups in total. The van der Waals surface area contributed by atoms with Gasteiger partial charge in [-0.1, -0.05) is 25.4 Å². The van der Waals surface area contributed by atoms with Gasteiger partial charge in [0.15, 0.2) is 0 Å². The number of rotatable bonds is 6. The maximum absolute atomic E-state index is 12.5. The molecule has 0 aliphatic carbocycles. The quantitative estimate of drug-likeness (QED) is 0.763. The van der Waals surface area contributed by atoms with Gasteiger partial charge in [-0.2, -0.15) is 0 Å². The molecule has 7 nitrogen and oxygen atoms in total. The first-order valence-electron chi connectivity index (χ1n) is 10.3. The van der Waals surface area contributed by atoms with Gasteiger partial charge in [0.05, 0.1) is 0 Å². The van der Waals surface area contributed by atoms with Gasteiger partial charge in [0.25, 0.3) is 5.91 Å². The molecule has 1 fully saturated rings. The van der Waals surface area contributed by atoms with E-state index in [1.165, 1.54) is 0 Å². The van der Waals surface area contributed by atoms with Gasteiger partial charge in [-0.25, -0.2) is 9.97 Å². The van der Waals surface area contributed by atoms with Gasteiger partial charge >= 0.3 is 0 Å². The number of anilines is 1. The van der Waals surface area contributed by atoms with E-state index in [1.807, 2.05) is 17.9 Å². The summed E-state index contributed by atoms with van der Waals surface area (Å²) in [7, 11) is 0. The van der Waals surface area contributed by atoms with E-state index in [4.69, 9.17) is 11.6 Å². The fraction of sp³-hybridized carbons (Fsp3) is 0.455. The zero-order valence-corrected chi connectivity index (χ0v) is 18.4. The molecule has 2 aromatic rings. The second-order valence-corrected chi connectivity index (χ2v) is 8.20. The van der Waals surface area contributed by atoms with E-state index in [-0.39, 0.29) is 24.2 Å². The van der Waals surface area contributed by atoms with Crippen LogP contribution < -0.4 is 10.2 Å². The number of carbonyl (C=O) groups excluding carboxylic acids is 2. The molecule has 0 unspecified atom stereocenters. The van der Waals surface area contributed by atoms with Crippen molar-refractivity contribution in [3.8, 4) is 0 Å². The fourth-order valence-corrected chi connectivity index (χ4v) is 3.45. The van der Waals surface area contributed by atoms with Gasteiger partial charge < -0.3 is 15.1 Å². The first-order chi connectivity index (χ1) is 14.3. The summed E-state index contributed by atoms with van der Waals surface area (Å²) >= 11 is 5.83. The van der Waals surface area contributed by atoms with E-state index >= 15 is 0 Å². The van der Waals surface area contributed by atoms with Crippen LogP contribution in [0.2, 0.25) is 5.02 Å². The molecule has 2 heterocycles. The zero-order valence-electron chi connectivity index (χ0n) is 17.7. The van der Waals surface area contributed by atoms with Crippen LogP contribution in [0.5, 0.6) is 0 Å². The van der Waals surface area contributed by atoms with Crippen molar-refractivity contribution in [2.45, 2.75) is 33.1 Å². The Balaban J connectivity index is 1.46. The first kappa shape index (κ1) is 22.0. The van der Waals surface area contributed by atoms with Crippen LogP contribution >= 0.6 is 11.6 Å². The molecule has 1 aromatic heterocycles. The Morgan fingerprint density at radius 3 is 2.40 bits per heavy atom. The highest BCUT2D eigenvalue weighted by Gasteiger charge is 2.22. The average molecular weight is 430 g/mol. The minimum absolute atomic E-state index is 0.0489. The number of piperazine rings is 1. The molecule has 0 bridgehead atoms. The minimum Gasteiger partial charge on any atom is -0.353 e. The van der Waals surface area contributed by atoms with Crippen molar-refractivity contribution in [2.24, 2.45) is 0 Å². The van der Waals surface area contributed by atoms with Crippen LogP contribution in [0, 0.1) is 6.92 Å². The van der Waals surface area contributed by atoms with Crippen molar-refractivity contribution in [1.29, 1.82) is 0 Å². The van der Waals surface area contributed by atoms with Gasteiger partial charge in [-0.05, 0) is 31.2 Å². The highest BCUT2D eigenvalue weighted by Crippen LogP contribution is 2.19. The lowest BCUT2D eigenvalue weighted by molar-refractivity contribution is -0.131. The number of benzene rings is 1. The normalized spacial score (nSPS) is 14.2. The molecular formula is C22H28ClN5O2. The van der Waals surface area contributed by atoms with Crippen LogP contribution in [0.15, 0.2) is 30.3 Å². The number of carbonyl (C=O) groups is 2. The van der Waals surface area contributed by atoms with Crippen molar-refractivity contribution in [3.63, 3.8) is 0 Å². The molecule has 1 aliphatic rings. The van der Waals surface area contributed by atoms with Gasteiger partial charge in [0.2, 0.25) is 5.91 Å². The first-order valence-corrected chi connectivity index (χ1v) is 10.6. The maximum Gasteiger partial charge on any atom is 0.251 e. The van der Waals surface area contributed by atoms with Crippen molar-refractivity contribution < 1.29 is 9.59 Å². The Labute approximate surface area is 182 Å². The Hall–Kier alpha value is -2.67. The van der Waals surface area contributed by atoms with E-state index in [2.05, 4.69) is 34.0 Å². The zero-order chi connectivity index (χ0) is 21.7. The topological polar surface area (TPSA) is 78.4 Å². The molecule has 0 radical (unpaired) electrons. The molecule has 0 saturated carbocycles. The predicted molar refractivity (Wildman–Crippen MR) is 118 cm³/mol. The Kier molecular flexibility index (Phi) is 7.26. The summed E-state index contributed by atoms with van der Waals surface area (Å²) in [5.41, 5.74) is 1.49. The third-order valence-corrected chi connectivity index (χ3v) is 5.31. The van der Waals surface area contributed by atoms with Crippen LogP contribution in [0.25, 0.3) is 0 Å². The molecule has 1 aromatic carbocycles. The summed E-state index contributed by atoms with van der Waals surface area (Å²) in [6.45, 7) is 9.21. The highest BCUT2D eigenvalue weighted by atomic mass is 35.5. The Morgan fingerprint density at radius 1 is 1.10 bits per heavy atom. The number of aryl methyl sites for hydroxylation is 1. The standard InChI is InChI=1S/C22H28ClN5O2/c1-15(2)21-25-16(3)14-19(26-21)27-10-12-28(13-11-27)20(29)8-9-24-22(30)17-4-6-18(23)7-5-17/h4-7,14-15H,8-13H2,1-3H3,(H,24,30). The monoisotopic (exact) mass is 429 g/mol. The number of nitrogens with zero attached hydrogens (tertiary/aromatic N) is 4. The van der Waals surface area contributed by atoms with Crippen LogP contribution in [-0.2, 0) is 4.79 Å². The molecule has 3 rings (SSSR count). The summed E-state index contributed by atoms with van der Waals surface area (Å²) in [5.74, 6) is 1.89. The average Bonchev–Trinajstić information content (AvgIpc) is 2.73. The number of halogens is 1. The second kappa shape index (κ2) is 9.89. The van der Waals surface area contributed by atoms with Crippen LogP contribution in [0.1, 0.15) is 48.1 Å². The summed E-state index contributed by atoms with van der Waals surface area (Å²) in [4.78, 5) is 37.9. The predicted octanol–water partition coefficient (Wildman–Crippen LogP) is 3.03. The van der Waals surface area contributed by atoms with E-state index in [9.17, 15) is 9.59 Å². The molecule has 30 heavy (non-hydrogen) atoms. The third-order valence-electron chi connectivity index (χ3n) is 5.06. The highest BCUT2D eigenvalue weighted by molar-refractivity contribution is 6.30. The number of amides is 2. The Morgan fingerprint density at radius 2 is 1.77 bits per heavy atom. The number of nitrogens with one attached hydrogen (secondary N) is 1.